The summed E-state index contributed by atoms with van der Waals surface area (Å²) in [4.78, 5) is 17.0. The summed E-state index contributed by atoms with van der Waals surface area (Å²) in [6.07, 6.45) is 6.63. The van der Waals surface area contributed by atoms with Crippen molar-refractivity contribution in [3.8, 4) is 17.0 Å². The van der Waals surface area contributed by atoms with Gasteiger partial charge in [0, 0.05) is 29.5 Å². The van der Waals surface area contributed by atoms with E-state index in [1.165, 1.54) is 37.8 Å². The lowest BCUT2D eigenvalue weighted by Crippen LogP contribution is -2.34. The van der Waals surface area contributed by atoms with E-state index in [4.69, 9.17) is 13.9 Å². The standard InChI is InChI=1S/C25H27FN4O4S/c1-15(2)19-12-23(34-14-19)35(27,32)30-25(31)29-24-18(9-16-5-4-6-16)10-20(26)13-21(24)17-7-8-28-22(11-17)33-3/h7-8,10-14,16H,1,4-6,9H2,2-3H3,(H3,27,29,30,31,32). The van der Waals surface area contributed by atoms with Gasteiger partial charge in [-0.3, -0.25) is 0 Å². The number of hydrogen-bond acceptors (Lipinski definition) is 6. The molecule has 0 saturated heterocycles. The highest BCUT2D eigenvalue weighted by atomic mass is 32.2. The molecule has 0 spiro atoms. The van der Waals surface area contributed by atoms with Crippen LogP contribution in [-0.2, 0) is 16.3 Å². The first-order valence-electron chi connectivity index (χ1n) is 11.1. The molecule has 1 aliphatic rings. The molecule has 1 aliphatic carbocycles. The molecule has 1 unspecified atom stereocenters. The van der Waals surface area contributed by atoms with Gasteiger partial charge < -0.3 is 14.5 Å². The van der Waals surface area contributed by atoms with E-state index >= 15 is 0 Å². The second-order valence-electron chi connectivity index (χ2n) is 8.62. The lowest BCUT2D eigenvalue weighted by atomic mass is 9.80. The summed E-state index contributed by atoms with van der Waals surface area (Å²) >= 11 is 0. The second-order valence-corrected chi connectivity index (χ2v) is 10.3. The van der Waals surface area contributed by atoms with Crippen LogP contribution in [0.3, 0.4) is 0 Å². The molecule has 3 N–H and O–H groups in total. The molecule has 4 rings (SSSR count). The predicted octanol–water partition coefficient (Wildman–Crippen LogP) is 6.01. The smallest absolute Gasteiger partial charge is 0.332 e. The van der Waals surface area contributed by atoms with Crippen LogP contribution in [0.4, 0.5) is 14.9 Å². The molecule has 3 aromatic rings. The third kappa shape index (κ3) is 5.54. The number of pyridine rings is 1. The zero-order valence-electron chi connectivity index (χ0n) is 19.5. The van der Waals surface area contributed by atoms with Crippen LogP contribution in [0.15, 0.2) is 58.9 Å². The average Bonchev–Trinajstić information content (AvgIpc) is 3.29. The molecule has 8 nitrogen and oxygen atoms in total. The van der Waals surface area contributed by atoms with Gasteiger partial charge >= 0.3 is 6.03 Å². The van der Waals surface area contributed by atoms with Gasteiger partial charge in [-0.2, -0.15) is 0 Å². The van der Waals surface area contributed by atoms with E-state index in [2.05, 4.69) is 21.6 Å². The Balaban J connectivity index is 1.68. The molecular formula is C25H27FN4O4S. The molecule has 1 saturated carbocycles. The molecule has 0 aliphatic heterocycles. The number of allylic oxidation sites excluding steroid dienone is 1. The van der Waals surface area contributed by atoms with E-state index < -0.39 is 21.8 Å². The van der Waals surface area contributed by atoms with Crippen LogP contribution in [0.2, 0.25) is 0 Å². The molecule has 35 heavy (non-hydrogen) atoms. The first-order chi connectivity index (χ1) is 16.7. The maximum absolute atomic E-state index is 14.7. The number of amides is 2. The Morgan fingerprint density at radius 1 is 1.34 bits per heavy atom. The molecule has 0 bridgehead atoms. The molecule has 2 heterocycles. The van der Waals surface area contributed by atoms with E-state index in [0.717, 1.165) is 19.3 Å². The molecule has 0 radical (unpaired) electrons. The number of furan rings is 1. The topological polar surface area (TPSA) is 117 Å². The van der Waals surface area contributed by atoms with Crippen molar-refractivity contribution in [1.29, 1.82) is 4.78 Å². The van der Waals surface area contributed by atoms with Crippen molar-refractivity contribution in [2.45, 2.75) is 37.7 Å². The van der Waals surface area contributed by atoms with Gasteiger partial charge in [-0.05, 0) is 54.2 Å². The van der Waals surface area contributed by atoms with Crippen molar-refractivity contribution in [2.24, 2.45) is 5.92 Å². The van der Waals surface area contributed by atoms with Crippen LogP contribution in [-0.4, -0.2) is 22.3 Å². The lowest BCUT2D eigenvalue weighted by Gasteiger charge is -2.27. The molecule has 1 aromatic carbocycles. The minimum atomic E-state index is -3.79. The number of anilines is 1. The Hall–Kier alpha value is -3.66. The Morgan fingerprint density at radius 3 is 2.74 bits per heavy atom. The normalized spacial score (nSPS) is 15.1. The number of methoxy groups -OCH3 is 1. The number of aromatic nitrogens is 1. The van der Waals surface area contributed by atoms with Crippen LogP contribution < -0.4 is 14.8 Å². The van der Waals surface area contributed by atoms with Gasteiger partial charge in [0.25, 0.3) is 0 Å². The monoisotopic (exact) mass is 498 g/mol. The molecule has 2 amide bonds. The highest BCUT2D eigenvalue weighted by Gasteiger charge is 2.24. The summed E-state index contributed by atoms with van der Waals surface area (Å²) in [5, 5.41) is 2.52. The number of urea groups is 1. The van der Waals surface area contributed by atoms with Crippen LogP contribution >= 0.6 is 0 Å². The fourth-order valence-electron chi connectivity index (χ4n) is 3.91. The summed E-state index contributed by atoms with van der Waals surface area (Å²) in [5.74, 6) is 0.288. The number of halogens is 1. The summed E-state index contributed by atoms with van der Waals surface area (Å²) in [6.45, 7) is 5.53. The minimum absolute atomic E-state index is 0.196. The largest absolute Gasteiger partial charge is 0.481 e. The van der Waals surface area contributed by atoms with Gasteiger partial charge in [-0.15, -0.1) is 0 Å². The van der Waals surface area contributed by atoms with E-state index in [1.54, 1.807) is 19.1 Å². The van der Waals surface area contributed by atoms with Crippen molar-refractivity contribution < 1.29 is 22.5 Å². The second kappa shape index (κ2) is 9.91. The van der Waals surface area contributed by atoms with Gasteiger partial charge in [-0.25, -0.2) is 27.9 Å². The van der Waals surface area contributed by atoms with Crippen LogP contribution in [0, 0.1) is 16.5 Å². The average molecular weight is 499 g/mol. The van der Waals surface area contributed by atoms with Crippen molar-refractivity contribution in [3.05, 3.63) is 66.3 Å². The van der Waals surface area contributed by atoms with E-state index in [1.807, 2.05) is 0 Å². The number of hydrogen-bond donors (Lipinski definition) is 3. The van der Waals surface area contributed by atoms with Gasteiger partial charge in [0.15, 0.2) is 9.92 Å². The number of benzene rings is 1. The molecule has 1 atom stereocenters. The quantitative estimate of drug-likeness (QED) is 0.352. The molecular weight excluding hydrogens is 471 g/mol. The number of nitrogens with zero attached hydrogens (tertiary/aromatic N) is 1. The van der Waals surface area contributed by atoms with Crippen molar-refractivity contribution in [1.82, 2.24) is 9.71 Å². The third-order valence-electron chi connectivity index (χ3n) is 6.00. The fraction of sp³-hybridized carbons (Fsp3) is 0.280. The van der Waals surface area contributed by atoms with E-state index in [9.17, 15) is 13.4 Å². The first-order valence-corrected chi connectivity index (χ1v) is 12.7. The summed E-state index contributed by atoms with van der Waals surface area (Å²) in [6, 6.07) is 6.58. The Bertz CT molecular complexity index is 1380. The molecule has 2 aromatic heterocycles. The Morgan fingerprint density at radius 2 is 2.11 bits per heavy atom. The summed E-state index contributed by atoms with van der Waals surface area (Å²) < 4.78 is 48.4. The lowest BCUT2D eigenvalue weighted by molar-refractivity contribution is 0.256. The van der Waals surface area contributed by atoms with Crippen LogP contribution in [0.25, 0.3) is 16.7 Å². The predicted molar refractivity (Wildman–Crippen MR) is 132 cm³/mol. The van der Waals surface area contributed by atoms with Gasteiger partial charge in [0.1, 0.15) is 5.82 Å². The van der Waals surface area contributed by atoms with Crippen LogP contribution in [0.1, 0.15) is 37.3 Å². The highest BCUT2D eigenvalue weighted by Crippen LogP contribution is 2.38. The van der Waals surface area contributed by atoms with Gasteiger partial charge in [0.2, 0.25) is 11.0 Å². The number of nitrogens with one attached hydrogen (secondary N) is 3. The fourth-order valence-corrected chi connectivity index (χ4v) is 4.80. The van der Waals surface area contributed by atoms with Crippen molar-refractivity contribution in [3.63, 3.8) is 0 Å². The van der Waals surface area contributed by atoms with E-state index in [-0.39, 0.29) is 5.09 Å². The molecule has 184 valence electrons. The van der Waals surface area contributed by atoms with Crippen molar-refractivity contribution >= 4 is 27.2 Å². The van der Waals surface area contributed by atoms with E-state index in [0.29, 0.717) is 51.7 Å². The maximum atomic E-state index is 14.7. The number of ether oxygens (including phenoxy) is 1. The molecule has 1 fully saturated rings. The first kappa shape index (κ1) is 24.5. The summed E-state index contributed by atoms with van der Waals surface area (Å²) in [7, 11) is -2.31. The highest BCUT2D eigenvalue weighted by molar-refractivity contribution is 7.91. The van der Waals surface area contributed by atoms with Crippen LogP contribution in [0.5, 0.6) is 5.88 Å². The summed E-state index contributed by atoms with van der Waals surface area (Å²) in [5.41, 5.74) is 3.26. The van der Waals surface area contributed by atoms with Gasteiger partial charge in [-0.1, -0.05) is 25.8 Å². The van der Waals surface area contributed by atoms with Crippen molar-refractivity contribution in [2.75, 3.05) is 12.4 Å². The Kier molecular flexibility index (Phi) is 6.93. The molecule has 10 heteroatoms. The zero-order chi connectivity index (χ0) is 25.2. The maximum Gasteiger partial charge on any atom is 0.332 e. The Labute approximate surface area is 203 Å². The SMILES string of the molecule is C=C(C)c1coc(S(=N)(=O)NC(=O)Nc2c(CC3CCC3)cc(F)cc2-c2ccnc(OC)c2)c1. The number of rotatable bonds is 8. The van der Waals surface area contributed by atoms with Gasteiger partial charge in [0.05, 0.1) is 19.1 Å². The number of carbonyl (C=O) groups is 1. The third-order valence-corrected chi connectivity index (χ3v) is 7.25. The minimum Gasteiger partial charge on any atom is -0.481 e. The number of carbonyl (C=O) groups excluding carboxylic acids is 1. The zero-order valence-corrected chi connectivity index (χ0v) is 20.3.